The van der Waals surface area contributed by atoms with Gasteiger partial charge in [-0.1, -0.05) is 12.1 Å². The molecular weight excluding hydrogens is 346 g/mol. The van der Waals surface area contributed by atoms with Crippen molar-refractivity contribution >= 4 is 31.2 Å². The van der Waals surface area contributed by atoms with Crippen LogP contribution < -0.4 is 5.36 Å². The molecule has 0 spiro atoms. The van der Waals surface area contributed by atoms with E-state index in [-0.39, 0.29) is 16.9 Å². The van der Waals surface area contributed by atoms with E-state index in [4.69, 9.17) is 9.83 Å². The van der Waals surface area contributed by atoms with Crippen LogP contribution in [0.2, 0.25) is 0 Å². The highest BCUT2D eigenvalue weighted by Gasteiger charge is 2.25. The molecule has 1 heterocycles. The molecule has 1 aliphatic carbocycles. The van der Waals surface area contributed by atoms with Crippen molar-refractivity contribution in [2.75, 3.05) is 0 Å². The summed E-state index contributed by atoms with van der Waals surface area (Å²) in [6, 6.07) is 7.97. The fourth-order valence-corrected chi connectivity index (χ4v) is 3.67. The molecule has 0 fully saturated rings. The lowest BCUT2D eigenvalue weighted by atomic mass is 10.1. The Bertz CT molecular complexity index is 1180. The van der Waals surface area contributed by atoms with Crippen LogP contribution >= 0.6 is 0 Å². The van der Waals surface area contributed by atoms with Crippen molar-refractivity contribution in [3.63, 3.8) is 0 Å². The molecule has 0 atom stereocenters. The Hall–Kier alpha value is -2.27. The van der Waals surface area contributed by atoms with Gasteiger partial charge >= 0.3 is 0 Å². The minimum atomic E-state index is -4.77. The van der Waals surface area contributed by atoms with Gasteiger partial charge in [0.15, 0.2) is 16.2 Å². The lowest BCUT2D eigenvalue weighted by Gasteiger charge is -2.12. The van der Waals surface area contributed by atoms with Gasteiger partial charge in [0.2, 0.25) is 0 Å². The summed E-state index contributed by atoms with van der Waals surface area (Å²) in [5.74, 6) is -0.372. The average molecular weight is 355 g/mol. The highest BCUT2D eigenvalue weighted by atomic mass is 32.2. The molecule has 10 heteroatoms. The molecule has 0 unspecified atom stereocenters. The first kappa shape index (κ1) is 15.6. The summed E-state index contributed by atoms with van der Waals surface area (Å²) in [4.78, 5) is -1.32. The Kier molecular flexibility index (Phi) is 3.30. The lowest BCUT2D eigenvalue weighted by molar-refractivity contribution is 0.477. The van der Waals surface area contributed by atoms with Gasteiger partial charge < -0.3 is 4.42 Å². The van der Waals surface area contributed by atoms with Crippen LogP contribution in [0.15, 0.2) is 50.6 Å². The van der Waals surface area contributed by atoms with E-state index in [1.54, 1.807) is 0 Å². The molecule has 0 saturated heterocycles. The third-order valence-corrected chi connectivity index (χ3v) is 5.00. The second kappa shape index (κ2) is 4.86. The zero-order valence-corrected chi connectivity index (χ0v) is 12.8. The smallest absolute Gasteiger partial charge is 0.300 e. The molecule has 120 valence electrons. The third-order valence-electron chi connectivity index (χ3n) is 3.20. The van der Waals surface area contributed by atoms with Gasteiger partial charge in [-0.2, -0.15) is 16.8 Å². The SMILES string of the molecule is N=c1ccc2cc3cccc(S(=O)(=O)O)c3oc-2c1S(=O)(=O)O. The Labute approximate surface area is 130 Å². The number of nitrogens with one attached hydrogen (secondary N) is 1. The Balaban J connectivity index is 2.60. The molecule has 0 amide bonds. The molecule has 3 N–H and O–H groups in total. The third kappa shape index (κ3) is 2.61. The fraction of sp³-hybridized carbons (Fsp3) is 0. The van der Waals surface area contributed by atoms with Crippen LogP contribution in [0.25, 0.3) is 22.3 Å². The van der Waals surface area contributed by atoms with E-state index in [9.17, 15) is 25.9 Å². The Morgan fingerprint density at radius 3 is 2.26 bits per heavy atom. The van der Waals surface area contributed by atoms with Gasteiger partial charge in [-0.3, -0.25) is 14.5 Å². The number of hydrogen-bond donors (Lipinski definition) is 3. The summed E-state index contributed by atoms with van der Waals surface area (Å²) in [6.07, 6.45) is 0. The molecule has 0 radical (unpaired) electrons. The molecule has 3 rings (SSSR count). The molecule has 23 heavy (non-hydrogen) atoms. The van der Waals surface area contributed by atoms with Crippen molar-refractivity contribution in [1.29, 1.82) is 5.41 Å². The fourth-order valence-electron chi connectivity index (χ4n) is 2.28. The predicted molar refractivity (Wildman–Crippen MR) is 78.3 cm³/mol. The van der Waals surface area contributed by atoms with Gasteiger partial charge in [-0.15, -0.1) is 0 Å². The van der Waals surface area contributed by atoms with E-state index >= 15 is 0 Å². The first-order valence-electron chi connectivity index (χ1n) is 6.08. The van der Waals surface area contributed by atoms with Crippen molar-refractivity contribution in [3.8, 4) is 11.3 Å². The zero-order chi connectivity index (χ0) is 17.0. The van der Waals surface area contributed by atoms with Crippen molar-refractivity contribution in [1.82, 2.24) is 0 Å². The normalized spacial score (nSPS) is 12.8. The van der Waals surface area contributed by atoms with E-state index in [0.717, 1.165) is 6.07 Å². The van der Waals surface area contributed by atoms with Crippen LogP contribution in [0.1, 0.15) is 0 Å². The quantitative estimate of drug-likeness (QED) is 0.466. The van der Waals surface area contributed by atoms with Gasteiger partial charge in [0.25, 0.3) is 20.2 Å². The maximum Gasteiger partial charge on any atom is 0.300 e. The second-order valence-corrected chi connectivity index (χ2v) is 7.48. The molecule has 1 aromatic carbocycles. The van der Waals surface area contributed by atoms with Crippen LogP contribution in [0, 0.1) is 5.41 Å². The van der Waals surface area contributed by atoms with Crippen LogP contribution in [0.5, 0.6) is 0 Å². The van der Waals surface area contributed by atoms with Gasteiger partial charge in [0.1, 0.15) is 4.90 Å². The maximum atomic E-state index is 11.5. The van der Waals surface area contributed by atoms with Crippen LogP contribution in [0.4, 0.5) is 0 Å². The van der Waals surface area contributed by atoms with E-state index in [1.165, 1.54) is 30.3 Å². The summed E-state index contributed by atoms with van der Waals surface area (Å²) in [5, 5.41) is 7.42. The topological polar surface area (TPSA) is 146 Å². The molecular formula is C13H9NO7S2. The van der Waals surface area contributed by atoms with Crippen molar-refractivity contribution in [3.05, 3.63) is 41.8 Å². The Morgan fingerprint density at radius 2 is 1.65 bits per heavy atom. The van der Waals surface area contributed by atoms with E-state index < -0.39 is 35.4 Å². The molecule has 0 saturated carbocycles. The molecule has 2 aliphatic rings. The summed E-state index contributed by atoms with van der Waals surface area (Å²) in [7, 11) is -9.38. The highest BCUT2D eigenvalue weighted by Crippen LogP contribution is 2.34. The van der Waals surface area contributed by atoms with E-state index in [2.05, 4.69) is 0 Å². The maximum absolute atomic E-state index is 11.5. The number of benzene rings is 2. The lowest BCUT2D eigenvalue weighted by Crippen LogP contribution is -2.15. The Morgan fingerprint density at radius 1 is 0.957 bits per heavy atom. The summed E-state index contributed by atoms with van der Waals surface area (Å²) in [5.41, 5.74) is -0.0355. The summed E-state index contributed by atoms with van der Waals surface area (Å²) >= 11 is 0. The number of fused-ring (bicyclic) bond motifs is 2. The largest absolute Gasteiger partial charge is 0.453 e. The average Bonchev–Trinajstić information content (AvgIpc) is 2.41. The standard InChI is InChI=1S/C13H9NO7S2/c14-9-5-4-8-6-7-2-1-3-10(22(15,16)17)11(7)21-12(8)13(9)23(18,19)20/h1-6,14H,(H,15,16,17)(H,18,19,20). The van der Waals surface area contributed by atoms with E-state index in [0.29, 0.717) is 5.39 Å². The number of hydrogen-bond acceptors (Lipinski definition) is 6. The molecule has 0 aromatic heterocycles. The first-order chi connectivity index (χ1) is 10.6. The van der Waals surface area contributed by atoms with Crippen LogP contribution in [-0.4, -0.2) is 25.9 Å². The predicted octanol–water partition coefficient (Wildman–Crippen LogP) is 1.51. The highest BCUT2D eigenvalue weighted by molar-refractivity contribution is 7.86. The van der Waals surface area contributed by atoms with Crippen LogP contribution in [-0.2, 0) is 20.2 Å². The van der Waals surface area contributed by atoms with Crippen molar-refractivity contribution < 1.29 is 30.4 Å². The zero-order valence-electron chi connectivity index (χ0n) is 11.2. The van der Waals surface area contributed by atoms with Crippen molar-refractivity contribution in [2.24, 2.45) is 0 Å². The monoisotopic (exact) mass is 355 g/mol. The van der Waals surface area contributed by atoms with Crippen LogP contribution in [0.3, 0.4) is 0 Å². The number of para-hydroxylation sites is 1. The molecule has 0 bridgehead atoms. The van der Waals surface area contributed by atoms with Gasteiger partial charge in [-0.25, -0.2) is 0 Å². The van der Waals surface area contributed by atoms with Gasteiger partial charge in [0, 0.05) is 10.9 Å². The van der Waals surface area contributed by atoms with Crippen molar-refractivity contribution in [2.45, 2.75) is 9.79 Å². The summed E-state index contributed by atoms with van der Waals surface area (Å²) in [6.45, 7) is 0. The number of rotatable bonds is 2. The van der Waals surface area contributed by atoms with Gasteiger partial charge in [-0.05, 0) is 24.3 Å². The molecule has 8 nitrogen and oxygen atoms in total. The van der Waals surface area contributed by atoms with Gasteiger partial charge in [0.05, 0.1) is 5.36 Å². The molecule has 1 aromatic rings. The minimum absolute atomic E-state index is 0.244. The second-order valence-electron chi connectivity index (χ2n) is 4.73. The summed E-state index contributed by atoms with van der Waals surface area (Å²) < 4.78 is 69.7. The van der Waals surface area contributed by atoms with E-state index in [1.807, 2.05) is 0 Å². The molecule has 1 aliphatic heterocycles. The first-order valence-corrected chi connectivity index (χ1v) is 8.96. The minimum Gasteiger partial charge on any atom is -0.453 e.